The molecule has 0 radical (unpaired) electrons. The highest BCUT2D eigenvalue weighted by molar-refractivity contribution is 4.79. The van der Waals surface area contributed by atoms with Crippen molar-refractivity contribution in [2.75, 3.05) is 13.1 Å². The monoisotopic (exact) mass is 309 g/mol. The molecule has 22 heavy (non-hydrogen) atoms. The van der Waals surface area contributed by atoms with Crippen LogP contribution in [0, 0.1) is 6.92 Å². The number of imidazole rings is 1. The number of hydrogen-bond donors (Lipinski definition) is 2. The van der Waals surface area contributed by atoms with E-state index in [-0.39, 0.29) is 0 Å². The molecule has 1 aromatic rings. The van der Waals surface area contributed by atoms with Crippen molar-refractivity contribution in [2.45, 2.75) is 84.2 Å². The maximum atomic E-state index is 5.52. The Morgan fingerprint density at radius 1 is 0.818 bits per heavy atom. The lowest BCUT2D eigenvalue weighted by atomic mass is 10.1. The van der Waals surface area contributed by atoms with Crippen molar-refractivity contribution >= 4 is 0 Å². The van der Waals surface area contributed by atoms with Gasteiger partial charge >= 0.3 is 0 Å². The van der Waals surface area contributed by atoms with Gasteiger partial charge in [0, 0.05) is 6.92 Å². The molecule has 1 rings (SSSR count). The van der Waals surface area contributed by atoms with E-state index in [9.17, 15) is 0 Å². The smallest absolute Gasteiger partial charge is 0.253 e. The molecule has 1 heterocycles. The Kier molecular flexibility index (Phi) is 11.0. The Morgan fingerprint density at radius 3 is 2.00 bits per heavy atom. The fourth-order valence-electron chi connectivity index (χ4n) is 2.93. The highest BCUT2D eigenvalue weighted by atomic mass is 15.1. The van der Waals surface area contributed by atoms with Crippen molar-refractivity contribution in [3.63, 3.8) is 0 Å². The number of aryl methyl sites for hydroxylation is 2. The second kappa shape index (κ2) is 12.7. The predicted octanol–water partition coefficient (Wildman–Crippen LogP) is 2.90. The van der Waals surface area contributed by atoms with Crippen LogP contribution >= 0.6 is 0 Å². The third-order valence-corrected chi connectivity index (χ3v) is 4.46. The number of hydrogen-bond acceptors (Lipinski definition) is 2. The van der Waals surface area contributed by atoms with Crippen LogP contribution in [0.2, 0.25) is 0 Å². The lowest BCUT2D eigenvalue weighted by molar-refractivity contribution is -0.702. The van der Waals surface area contributed by atoms with Crippen LogP contribution in [0.25, 0.3) is 0 Å². The number of rotatable bonds is 14. The van der Waals surface area contributed by atoms with E-state index in [2.05, 4.69) is 28.5 Å². The molecular formula is C18H37N4+. The Hall–Kier alpha value is -0.870. The lowest BCUT2D eigenvalue weighted by Gasteiger charge is -2.03. The van der Waals surface area contributed by atoms with Gasteiger partial charge in [0.25, 0.3) is 5.82 Å². The molecule has 0 bridgehead atoms. The van der Waals surface area contributed by atoms with Crippen molar-refractivity contribution in [3.05, 3.63) is 18.2 Å². The third-order valence-electron chi connectivity index (χ3n) is 4.46. The Morgan fingerprint density at radius 2 is 1.36 bits per heavy atom. The van der Waals surface area contributed by atoms with Gasteiger partial charge in [-0.05, 0) is 51.6 Å². The second-order valence-electron chi connectivity index (χ2n) is 6.35. The van der Waals surface area contributed by atoms with Crippen LogP contribution in [-0.2, 0) is 13.1 Å². The van der Waals surface area contributed by atoms with Gasteiger partial charge in [-0.25, -0.2) is 9.13 Å². The molecule has 0 aliphatic heterocycles. The Labute approximate surface area is 136 Å². The molecule has 0 aromatic carbocycles. The van der Waals surface area contributed by atoms with E-state index in [0.29, 0.717) is 0 Å². The summed E-state index contributed by atoms with van der Waals surface area (Å²) in [6, 6.07) is 0. The van der Waals surface area contributed by atoms with Gasteiger partial charge in [-0.2, -0.15) is 0 Å². The molecule has 0 atom stereocenters. The summed E-state index contributed by atoms with van der Waals surface area (Å²) in [6.07, 6.45) is 17.2. The van der Waals surface area contributed by atoms with Gasteiger partial charge in [0.1, 0.15) is 12.4 Å². The fourth-order valence-corrected chi connectivity index (χ4v) is 2.93. The van der Waals surface area contributed by atoms with Crippen LogP contribution in [-0.4, -0.2) is 17.7 Å². The minimum absolute atomic E-state index is 0.836. The van der Waals surface area contributed by atoms with Crippen LogP contribution in [0.5, 0.6) is 0 Å². The molecule has 1 aromatic heterocycles. The van der Waals surface area contributed by atoms with E-state index >= 15 is 0 Å². The van der Waals surface area contributed by atoms with Gasteiger partial charge in [0.2, 0.25) is 0 Å². The van der Waals surface area contributed by atoms with Crippen molar-refractivity contribution in [1.29, 1.82) is 0 Å². The van der Waals surface area contributed by atoms with E-state index in [0.717, 1.165) is 26.2 Å². The van der Waals surface area contributed by atoms with Gasteiger partial charge in [-0.3, -0.25) is 0 Å². The zero-order valence-corrected chi connectivity index (χ0v) is 14.6. The van der Waals surface area contributed by atoms with E-state index in [1.807, 2.05) is 0 Å². The summed E-state index contributed by atoms with van der Waals surface area (Å²) in [5, 5.41) is 0. The van der Waals surface area contributed by atoms with Crippen LogP contribution in [0.1, 0.15) is 70.0 Å². The molecule has 4 nitrogen and oxygen atoms in total. The topological polar surface area (TPSA) is 60.8 Å². The first-order chi connectivity index (χ1) is 10.8. The van der Waals surface area contributed by atoms with Crippen molar-refractivity contribution in [1.82, 2.24) is 4.57 Å². The molecule has 0 fully saturated rings. The van der Waals surface area contributed by atoms with Crippen LogP contribution in [0.4, 0.5) is 0 Å². The highest BCUT2D eigenvalue weighted by Gasteiger charge is 2.11. The van der Waals surface area contributed by atoms with E-state index < -0.39 is 0 Å². The number of aromatic nitrogens is 2. The molecule has 0 saturated heterocycles. The summed E-state index contributed by atoms with van der Waals surface area (Å²) >= 11 is 0. The molecule has 128 valence electrons. The molecule has 4 N–H and O–H groups in total. The highest BCUT2D eigenvalue weighted by Crippen LogP contribution is 2.06. The number of nitrogens with zero attached hydrogens (tertiary/aromatic N) is 2. The average Bonchev–Trinajstić information content (AvgIpc) is 2.87. The first-order valence-corrected chi connectivity index (χ1v) is 9.25. The molecule has 0 spiro atoms. The predicted molar refractivity (Wildman–Crippen MR) is 93.6 cm³/mol. The van der Waals surface area contributed by atoms with Gasteiger partial charge in [-0.15, -0.1) is 0 Å². The van der Waals surface area contributed by atoms with Crippen molar-refractivity contribution in [3.8, 4) is 0 Å². The normalized spacial score (nSPS) is 11.2. The van der Waals surface area contributed by atoms with Crippen molar-refractivity contribution in [2.24, 2.45) is 11.5 Å². The molecule has 0 unspecified atom stereocenters. The molecular weight excluding hydrogens is 272 g/mol. The second-order valence-corrected chi connectivity index (χ2v) is 6.35. The summed E-state index contributed by atoms with van der Waals surface area (Å²) < 4.78 is 4.80. The SMILES string of the molecule is Cc1n(CCCCCCCN)cc[n+]1CCCCCCCN. The lowest BCUT2D eigenvalue weighted by Crippen LogP contribution is -2.35. The first kappa shape index (κ1) is 19.2. The quantitative estimate of drug-likeness (QED) is 0.410. The van der Waals surface area contributed by atoms with E-state index in [1.54, 1.807) is 0 Å². The summed E-state index contributed by atoms with van der Waals surface area (Å²) in [5.41, 5.74) is 11.0. The summed E-state index contributed by atoms with van der Waals surface area (Å²) in [4.78, 5) is 0. The molecule has 0 saturated carbocycles. The van der Waals surface area contributed by atoms with Gasteiger partial charge < -0.3 is 11.5 Å². The molecule has 4 heteroatoms. The Balaban J connectivity index is 2.15. The van der Waals surface area contributed by atoms with Crippen LogP contribution in [0.15, 0.2) is 12.4 Å². The number of unbranched alkanes of at least 4 members (excludes halogenated alkanes) is 8. The van der Waals surface area contributed by atoms with Gasteiger partial charge in [0.05, 0.1) is 13.1 Å². The van der Waals surface area contributed by atoms with Crippen LogP contribution in [0.3, 0.4) is 0 Å². The average molecular weight is 310 g/mol. The minimum atomic E-state index is 0.836. The standard InChI is InChI=1S/C18H37N4/c1-18-21(14-10-6-2-4-8-12-19)16-17-22(18)15-11-7-3-5-9-13-20/h16-17H,2-15,19-20H2,1H3/q+1. The number of nitrogens with two attached hydrogens (primary N) is 2. The molecule has 0 aliphatic carbocycles. The summed E-state index contributed by atoms with van der Waals surface area (Å²) in [5.74, 6) is 1.39. The molecule has 0 amide bonds. The zero-order chi connectivity index (χ0) is 16.0. The van der Waals surface area contributed by atoms with Gasteiger partial charge in [0.15, 0.2) is 0 Å². The maximum Gasteiger partial charge on any atom is 0.253 e. The minimum Gasteiger partial charge on any atom is -0.330 e. The van der Waals surface area contributed by atoms with Gasteiger partial charge in [-0.1, -0.05) is 25.7 Å². The fraction of sp³-hybridized carbons (Fsp3) is 0.833. The summed E-state index contributed by atoms with van der Waals surface area (Å²) in [7, 11) is 0. The van der Waals surface area contributed by atoms with E-state index in [4.69, 9.17) is 11.5 Å². The molecule has 0 aliphatic rings. The first-order valence-electron chi connectivity index (χ1n) is 9.25. The van der Waals surface area contributed by atoms with Crippen molar-refractivity contribution < 1.29 is 4.57 Å². The maximum absolute atomic E-state index is 5.52. The third kappa shape index (κ3) is 7.95. The summed E-state index contributed by atoms with van der Waals surface area (Å²) in [6.45, 7) is 6.21. The zero-order valence-electron chi connectivity index (χ0n) is 14.6. The van der Waals surface area contributed by atoms with E-state index in [1.165, 1.54) is 70.0 Å². The van der Waals surface area contributed by atoms with Crippen LogP contribution < -0.4 is 16.0 Å². The Bertz CT molecular complexity index is 340. The largest absolute Gasteiger partial charge is 0.330 e.